The first kappa shape index (κ1) is 17.8. The lowest BCUT2D eigenvalue weighted by Gasteiger charge is -2.29. The molecule has 0 aromatic carbocycles. The van der Waals surface area contributed by atoms with E-state index in [2.05, 4.69) is 0 Å². The normalized spacial score (nSPS) is 14.3. The number of nitrogens with zero attached hydrogens (tertiary/aromatic N) is 1. The van der Waals surface area contributed by atoms with E-state index in [-0.39, 0.29) is 11.8 Å². The molecule has 0 heterocycles. The maximum atomic E-state index is 12.2. The van der Waals surface area contributed by atoms with E-state index in [0.29, 0.717) is 19.1 Å². The molecule has 0 aliphatic rings. The lowest BCUT2D eigenvalue weighted by Crippen LogP contribution is -2.52. The van der Waals surface area contributed by atoms with E-state index < -0.39 is 23.9 Å². The van der Waals surface area contributed by atoms with Gasteiger partial charge in [0, 0.05) is 6.92 Å². The average Bonchev–Trinajstić information content (AvgIpc) is 2.25. The fraction of sp³-hybridized carbons (Fsp3) is 0.786. The standard InChI is InChI=1S/C14H26N2O3/c1-9(2)6-12(8-17)16(11(5)18)14(19)13(15)7-10(3)4/h8-10,12-13H,6-7,15H2,1-5H3/t12-,13-/m0/s1. The van der Waals surface area contributed by atoms with E-state index in [1.807, 2.05) is 27.7 Å². The molecule has 19 heavy (non-hydrogen) atoms. The number of rotatable bonds is 7. The number of carbonyl (C=O) groups is 3. The Labute approximate surface area is 115 Å². The minimum Gasteiger partial charge on any atom is -0.320 e. The molecule has 0 aliphatic heterocycles. The number of nitrogens with two attached hydrogens (primary N) is 1. The summed E-state index contributed by atoms with van der Waals surface area (Å²) in [4.78, 5) is 36.0. The topological polar surface area (TPSA) is 80.5 Å². The van der Waals surface area contributed by atoms with Gasteiger partial charge < -0.3 is 10.5 Å². The van der Waals surface area contributed by atoms with Crippen molar-refractivity contribution in [3.8, 4) is 0 Å². The number of amides is 2. The molecule has 110 valence electrons. The van der Waals surface area contributed by atoms with Crippen LogP contribution >= 0.6 is 0 Å². The first-order valence-corrected chi connectivity index (χ1v) is 6.75. The Bertz CT molecular complexity index is 327. The molecule has 0 radical (unpaired) electrons. The van der Waals surface area contributed by atoms with Crippen LogP contribution in [0.2, 0.25) is 0 Å². The molecule has 2 amide bonds. The number of aldehydes is 1. The molecule has 0 saturated heterocycles. The van der Waals surface area contributed by atoms with Gasteiger partial charge in [-0.15, -0.1) is 0 Å². The summed E-state index contributed by atoms with van der Waals surface area (Å²) in [5.74, 6) is -0.417. The van der Waals surface area contributed by atoms with Gasteiger partial charge in [0.2, 0.25) is 11.8 Å². The molecule has 0 unspecified atom stereocenters. The maximum absolute atomic E-state index is 12.2. The average molecular weight is 270 g/mol. The Hall–Kier alpha value is -1.23. The van der Waals surface area contributed by atoms with Crippen LogP contribution in [0.1, 0.15) is 47.5 Å². The van der Waals surface area contributed by atoms with E-state index >= 15 is 0 Å². The summed E-state index contributed by atoms with van der Waals surface area (Å²) < 4.78 is 0. The van der Waals surface area contributed by atoms with Crippen molar-refractivity contribution in [1.82, 2.24) is 4.90 Å². The van der Waals surface area contributed by atoms with Crippen LogP contribution in [0.25, 0.3) is 0 Å². The molecular weight excluding hydrogens is 244 g/mol. The molecule has 0 rings (SSSR count). The predicted octanol–water partition coefficient (Wildman–Crippen LogP) is 1.35. The largest absolute Gasteiger partial charge is 0.320 e. The summed E-state index contributed by atoms with van der Waals surface area (Å²) in [6.45, 7) is 9.07. The fourth-order valence-electron chi connectivity index (χ4n) is 2.04. The summed E-state index contributed by atoms with van der Waals surface area (Å²) in [7, 11) is 0. The van der Waals surface area contributed by atoms with E-state index in [9.17, 15) is 14.4 Å². The summed E-state index contributed by atoms with van der Waals surface area (Å²) in [5, 5.41) is 0. The monoisotopic (exact) mass is 270 g/mol. The number of carbonyl (C=O) groups excluding carboxylic acids is 3. The first-order chi connectivity index (χ1) is 8.70. The molecule has 0 bridgehead atoms. The van der Waals surface area contributed by atoms with Gasteiger partial charge in [0.1, 0.15) is 6.29 Å². The minimum absolute atomic E-state index is 0.214. The molecule has 5 nitrogen and oxygen atoms in total. The Balaban J connectivity index is 5.02. The molecule has 0 aromatic rings. The van der Waals surface area contributed by atoms with Crippen molar-refractivity contribution in [3.63, 3.8) is 0 Å². The second kappa shape index (κ2) is 8.04. The third-order valence-electron chi connectivity index (χ3n) is 2.82. The van der Waals surface area contributed by atoms with Crippen molar-refractivity contribution in [2.24, 2.45) is 17.6 Å². The van der Waals surface area contributed by atoms with Crippen LogP contribution in [0.5, 0.6) is 0 Å². The van der Waals surface area contributed by atoms with Crippen LogP contribution < -0.4 is 5.73 Å². The predicted molar refractivity (Wildman–Crippen MR) is 74.3 cm³/mol. The second-order valence-electron chi connectivity index (χ2n) is 5.80. The highest BCUT2D eigenvalue weighted by Gasteiger charge is 2.31. The summed E-state index contributed by atoms with van der Waals surface area (Å²) in [5.41, 5.74) is 5.82. The van der Waals surface area contributed by atoms with Crippen LogP contribution in [-0.2, 0) is 14.4 Å². The van der Waals surface area contributed by atoms with Crippen LogP contribution in [0.15, 0.2) is 0 Å². The van der Waals surface area contributed by atoms with Crippen LogP contribution in [0.3, 0.4) is 0 Å². The van der Waals surface area contributed by atoms with Crippen molar-refractivity contribution >= 4 is 18.1 Å². The number of hydrogen-bond acceptors (Lipinski definition) is 4. The summed E-state index contributed by atoms with van der Waals surface area (Å²) in [6.07, 6.45) is 1.61. The molecule has 0 spiro atoms. The van der Waals surface area contributed by atoms with E-state index in [4.69, 9.17) is 5.73 Å². The third kappa shape index (κ3) is 5.96. The molecular formula is C14H26N2O3. The zero-order valence-electron chi connectivity index (χ0n) is 12.6. The van der Waals surface area contributed by atoms with Gasteiger partial charge in [-0.2, -0.15) is 0 Å². The van der Waals surface area contributed by atoms with Gasteiger partial charge in [-0.3, -0.25) is 14.5 Å². The summed E-state index contributed by atoms with van der Waals surface area (Å²) in [6, 6.07) is -1.46. The van der Waals surface area contributed by atoms with Gasteiger partial charge in [0.25, 0.3) is 0 Å². The Morgan fingerprint density at radius 3 is 1.89 bits per heavy atom. The maximum Gasteiger partial charge on any atom is 0.246 e. The van der Waals surface area contributed by atoms with Gasteiger partial charge in [-0.1, -0.05) is 27.7 Å². The molecule has 0 saturated carbocycles. The van der Waals surface area contributed by atoms with Gasteiger partial charge in [0.15, 0.2) is 0 Å². The van der Waals surface area contributed by atoms with Crippen molar-refractivity contribution in [2.75, 3.05) is 0 Å². The van der Waals surface area contributed by atoms with Gasteiger partial charge in [0.05, 0.1) is 12.1 Å². The molecule has 5 heteroatoms. The summed E-state index contributed by atoms with van der Waals surface area (Å²) >= 11 is 0. The lowest BCUT2D eigenvalue weighted by molar-refractivity contribution is -0.149. The quantitative estimate of drug-likeness (QED) is 0.708. The first-order valence-electron chi connectivity index (χ1n) is 6.75. The van der Waals surface area contributed by atoms with Crippen LogP contribution in [0.4, 0.5) is 0 Å². The van der Waals surface area contributed by atoms with Gasteiger partial charge in [-0.05, 0) is 24.7 Å². The number of hydrogen-bond donors (Lipinski definition) is 1. The smallest absolute Gasteiger partial charge is 0.246 e. The second-order valence-corrected chi connectivity index (χ2v) is 5.80. The highest BCUT2D eigenvalue weighted by molar-refractivity contribution is 5.99. The highest BCUT2D eigenvalue weighted by atomic mass is 16.2. The Morgan fingerprint density at radius 1 is 1.11 bits per heavy atom. The highest BCUT2D eigenvalue weighted by Crippen LogP contribution is 2.14. The van der Waals surface area contributed by atoms with Crippen molar-refractivity contribution in [2.45, 2.75) is 59.5 Å². The van der Waals surface area contributed by atoms with Crippen molar-refractivity contribution in [1.29, 1.82) is 0 Å². The molecule has 0 fully saturated rings. The number of imide groups is 1. The SMILES string of the molecule is CC(=O)N(C(=O)[C@@H](N)CC(C)C)[C@H](C=O)CC(C)C. The molecule has 2 N–H and O–H groups in total. The zero-order valence-corrected chi connectivity index (χ0v) is 12.6. The Kier molecular flexibility index (Phi) is 7.52. The van der Waals surface area contributed by atoms with E-state index in [1.54, 1.807) is 0 Å². The van der Waals surface area contributed by atoms with Crippen molar-refractivity contribution in [3.05, 3.63) is 0 Å². The zero-order chi connectivity index (χ0) is 15.2. The van der Waals surface area contributed by atoms with Gasteiger partial charge >= 0.3 is 0 Å². The van der Waals surface area contributed by atoms with E-state index in [0.717, 1.165) is 4.90 Å². The molecule has 0 aliphatic carbocycles. The van der Waals surface area contributed by atoms with Crippen LogP contribution in [-0.4, -0.2) is 35.1 Å². The minimum atomic E-state index is -0.737. The lowest BCUT2D eigenvalue weighted by atomic mass is 10.00. The fourth-order valence-corrected chi connectivity index (χ4v) is 2.04. The molecule has 2 atom stereocenters. The van der Waals surface area contributed by atoms with E-state index in [1.165, 1.54) is 6.92 Å². The molecule has 0 aromatic heterocycles. The third-order valence-corrected chi connectivity index (χ3v) is 2.82. The van der Waals surface area contributed by atoms with Crippen molar-refractivity contribution < 1.29 is 14.4 Å². The van der Waals surface area contributed by atoms with Gasteiger partial charge in [-0.25, -0.2) is 0 Å². The Morgan fingerprint density at radius 2 is 1.58 bits per heavy atom. The van der Waals surface area contributed by atoms with Crippen LogP contribution in [0, 0.1) is 11.8 Å².